The van der Waals surface area contributed by atoms with Gasteiger partial charge in [0.1, 0.15) is 5.01 Å². The van der Waals surface area contributed by atoms with E-state index in [9.17, 15) is 0 Å². The van der Waals surface area contributed by atoms with Crippen LogP contribution in [0.4, 0.5) is 5.13 Å². The molecule has 1 N–H and O–H groups in total. The Morgan fingerprint density at radius 3 is 2.62 bits per heavy atom. The Morgan fingerprint density at radius 1 is 1.46 bits per heavy atom. The minimum absolute atomic E-state index is 0.143. The van der Waals surface area contributed by atoms with E-state index in [-0.39, 0.29) is 5.38 Å². The van der Waals surface area contributed by atoms with E-state index in [0.29, 0.717) is 5.92 Å². The van der Waals surface area contributed by atoms with Crippen molar-refractivity contribution in [2.75, 3.05) is 11.9 Å². The topological polar surface area (TPSA) is 37.8 Å². The van der Waals surface area contributed by atoms with E-state index >= 15 is 0 Å². The molecule has 0 aliphatic heterocycles. The predicted molar refractivity (Wildman–Crippen MR) is 57.6 cm³/mol. The van der Waals surface area contributed by atoms with E-state index < -0.39 is 0 Å². The minimum atomic E-state index is 0.143. The van der Waals surface area contributed by atoms with E-state index in [4.69, 9.17) is 11.6 Å². The maximum Gasteiger partial charge on any atom is 0.205 e. The third-order valence-electron chi connectivity index (χ3n) is 1.70. The lowest BCUT2D eigenvalue weighted by atomic mass is 10.1. The molecule has 1 rings (SSSR count). The lowest BCUT2D eigenvalue weighted by Crippen LogP contribution is -2.19. The third kappa shape index (κ3) is 3.48. The lowest BCUT2D eigenvalue weighted by Gasteiger charge is -2.12. The SMILES string of the molecule is Cc1nnc(NCC(Cl)C(C)C)s1. The van der Waals surface area contributed by atoms with Gasteiger partial charge in [-0.05, 0) is 12.8 Å². The number of halogens is 1. The van der Waals surface area contributed by atoms with Crippen LogP contribution in [-0.2, 0) is 0 Å². The van der Waals surface area contributed by atoms with Crippen LogP contribution in [0.5, 0.6) is 0 Å². The fourth-order valence-electron chi connectivity index (χ4n) is 0.789. The molecule has 0 saturated carbocycles. The summed E-state index contributed by atoms with van der Waals surface area (Å²) in [6.45, 7) is 6.88. The molecule has 0 saturated heterocycles. The monoisotopic (exact) mass is 219 g/mol. The van der Waals surface area contributed by atoms with Crippen molar-refractivity contribution >= 4 is 28.1 Å². The molecule has 0 bridgehead atoms. The van der Waals surface area contributed by atoms with Gasteiger partial charge in [0, 0.05) is 6.54 Å². The fourth-order valence-corrected chi connectivity index (χ4v) is 1.46. The molecular formula is C8H14ClN3S. The molecule has 0 aliphatic carbocycles. The quantitative estimate of drug-likeness (QED) is 0.791. The largest absolute Gasteiger partial charge is 0.359 e. The summed E-state index contributed by atoms with van der Waals surface area (Å²) in [5, 5.41) is 13.0. The molecule has 0 radical (unpaired) electrons. The number of nitrogens with one attached hydrogen (secondary N) is 1. The first-order valence-electron chi connectivity index (χ1n) is 4.27. The van der Waals surface area contributed by atoms with Gasteiger partial charge in [-0.1, -0.05) is 25.2 Å². The molecule has 0 aromatic carbocycles. The van der Waals surface area contributed by atoms with Crippen molar-refractivity contribution in [3.8, 4) is 0 Å². The fraction of sp³-hybridized carbons (Fsp3) is 0.750. The third-order valence-corrected chi connectivity index (χ3v) is 3.15. The average molecular weight is 220 g/mol. The first-order valence-corrected chi connectivity index (χ1v) is 5.53. The zero-order valence-corrected chi connectivity index (χ0v) is 9.61. The summed E-state index contributed by atoms with van der Waals surface area (Å²) in [6, 6.07) is 0. The Morgan fingerprint density at radius 2 is 2.15 bits per heavy atom. The molecule has 1 atom stereocenters. The number of alkyl halides is 1. The zero-order valence-electron chi connectivity index (χ0n) is 8.04. The molecule has 0 fully saturated rings. The first-order chi connectivity index (χ1) is 6.09. The second-order valence-corrected chi connectivity index (χ2v) is 5.01. The van der Waals surface area contributed by atoms with E-state index in [1.165, 1.54) is 0 Å². The molecule has 3 nitrogen and oxygen atoms in total. The van der Waals surface area contributed by atoms with Crippen LogP contribution in [0.2, 0.25) is 0 Å². The van der Waals surface area contributed by atoms with Crippen molar-refractivity contribution in [3.05, 3.63) is 5.01 Å². The van der Waals surface area contributed by atoms with E-state index in [1.54, 1.807) is 11.3 Å². The van der Waals surface area contributed by atoms with Gasteiger partial charge in [-0.15, -0.1) is 21.8 Å². The van der Waals surface area contributed by atoms with Crippen LogP contribution in [0.1, 0.15) is 18.9 Å². The van der Waals surface area contributed by atoms with Crippen LogP contribution in [-0.4, -0.2) is 22.1 Å². The normalized spacial score (nSPS) is 13.3. The van der Waals surface area contributed by atoms with Crippen LogP contribution in [0.3, 0.4) is 0 Å². The number of anilines is 1. The standard InChI is InChI=1S/C8H14ClN3S/c1-5(2)7(9)4-10-8-12-11-6(3)13-8/h5,7H,4H2,1-3H3,(H,10,12). The van der Waals surface area contributed by atoms with Crippen molar-refractivity contribution < 1.29 is 0 Å². The molecule has 1 aromatic rings. The van der Waals surface area contributed by atoms with Crippen molar-refractivity contribution in [3.63, 3.8) is 0 Å². The maximum atomic E-state index is 6.07. The molecular weight excluding hydrogens is 206 g/mol. The van der Waals surface area contributed by atoms with Gasteiger partial charge in [0.25, 0.3) is 0 Å². The summed E-state index contributed by atoms with van der Waals surface area (Å²) in [5.41, 5.74) is 0. The van der Waals surface area contributed by atoms with Crippen molar-refractivity contribution in [2.45, 2.75) is 26.1 Å². The zero-order chi connectivity index (χ0) is 9.84. The first kappa shape index (κ1) is 10.7. The molecule has 0 aliphatic rings. The van der Waals surface area contributed by atoms with Crippen LogP contribution in [0, 0.1) is 12.8 Å². The lowest BCUT2D eigenvalue weighted by molar-refractivity contribution is 0.616. The summed E-state index contributed by atoms with van der Waals surface area (Å²) < 4.78 is 0. The molecule has 1 heterocycles. The highest BCUT2D eigenvalue weighted by molar-refractivity contribution is 7.15. The summed E-state index contributed by atoms with van der Waals surface area (Å²) in [6.07, 6.45) is 0. The summed E-state index contributed by atoms with van der Waals surface area (Å²) in [7, 11) is 0. The Hall–Kier alpha value is -0.350. The van der Waals surface area contributed by atoms with Gasteiger partial charge in [0.05, 0.1) is 5.38 Å². The number of hydrogen-bond donors (Lipinski definition) is 1. The number of rotatable bonds is 4. The van der Waals surface area contributed by atoms with Crippen molar-refractivity contribution in [1.82, 2.24) is 10.2 Å². The van der Waals surface area contributed by atoms with E-state index in [2.05, 4.69) is 29.4 Å². The molecule has 1 aromatic heterocycles. The summed E-state index contributed by atoms with van der Waals surface area (Å²) >= 11 is 7.62. The molecule has 5 heteroatoms. The predicted octanol–water partition coefficient (Wildman–Crippen LogP) is 2.52. The van der Waals surface area contributed by atoms with Gasteiger partial charge < -0.3 is 5.32 Å². The van der Waals surface area contributed by atoms with Gasteiger partial charge in [-0.2, -0.15) is 0 Å². The van der Waals surface area contributed by atoms with Crippen LogP contribution >= 0.6 is 22.9 Å². The van der Waals surface area contributed by atoms with Crippen molar-refractivity contribution in [2.24, 2.45) is 5.92 Å². The smallest absolute Gasteiger partial charge is 0.205 e. The Labute approximate surface area is 87.5 Å². The van der Waals surface area contributed by atoms with Gasteiger partial charge in [-0.25, -0.2) is 0 Å². The van der Waals surface area contributed by atoms with Crippen LogP contribution in [0.25, 0.3) is 0 Å². The van der Waals surface area contributed by atoms with Crippen molar-refractivity contribution in [1.29, 1.82) is 0 Å². The number of hydrogen-bond acceptors (Lipinski definition) is 4. The van der Waals surface area contributed by atoms with Gasteiger partial charge in [0.15, 0.2) is 0 Å². The molecule has 0 spiro atoms. The summed E-state index contributed by atoms with van der Waals surface area (Å²) in [4.78, 5) is 0. The molecule has 1 unspecified atom stereocenters. The molecule has 0 amide bonds. The highest BCUT2D eigenvalue weighted by atomic mass is 35.5. The maximum absolute atomic E-state index is 6.07. The van der Waals surface area contributed by atoms with Gasteiger partial charge in [0.2, 0.25) is 5.13 Å². The molecule has 74 valence electrons. The highest BCUT2D eigenvalue weighted by Gasteiger charge is 2.09. The Kier molecular flexibility index (Phi) is 3.93. The van der Waals surface area contributed by atoms with E-state index in [1.807, 2.05) is 6.92 Å². The second kappa shape index (κ2) is 4.77. The Balaban J connectivity index is 2.35. The average Bonchev–Trinajstić information content (AvgIpc) is 2.47. The van der Waals surface area contributed by atoms with Gasteiger partial charge in [-0.3, -0.25) is 0 Å². The van der Waals surface area contributed by atoms with E-state index in [0.717, 1.165) is 16.7 Å². The van der Waals surface area contributed by atoms with Crippen LogP contribution < -0.4 is 5.32 Å². The molecule has 13 heavy (non-hydrogen) atoms. The van der Waals surface area contributed by atoms with Gasteiger partial charge >= 0.3 is 0 Å². The highest BCUT2D eigenvalue weighted by Crippen LogP contribution is 2.15. The van der Waals surface area contributed by atoms with Crippen LogP contribution in [0.15, 0.2) is 0 Å². The minimum Gasteiger partial charge on any atom is -0.359 e. The number of aromatic nitrogens is 2. The second-order valence-electron chi connectivity index (χ2n) is 3.27. The number of nitrogens with zero attached hydrogens (tertiary/aromatic N) is 2. The summed E-state index contributed by atoms with van der Waals surface area (Å²) in [5.74, 6) is 0.475. The number of aryl methyl sites for hydroxylation is 1. The Bertz CT molecular complexity index is 262.